The molecule has 23 heavy (non-hydrogen) atoms. The van der Waals surface area contributed by atoms with E-state index >= 15 is 0 Å². The number of carboxylic acids is 1. The summed E-state index contributed by atoms with van der Waals surface area (Å²) in [6, 6.07) is 6.37. The maximum atomic E-state index is 12.0. The number of anilines is 1. The lowest BCUT2D eigenvalue weighted by molar-refractivity contribution is -0.138. The molecule has 0 aliphatic rings. The van der Waals surface area contributed by atoms with Gasteiger partial charge in [-0.3, -0.25) is 9.59 Å². The summed E-state index contributed by atoms with van der Waals surface area (Å²) in [7, 11) is -3.65. The van der Waals surface area contributed by atoms with Crippen LogP contribution in [-0.4, -0.2) is 48.5 Å². The molecule has 7 nitrogen and oxygen atoms in total. The molecule has 0 saturated heterocycles. The lowest BCUT2D eigenvalue weighted by atomic mass is 10.0. The van der Waals surface area contributed by atoms with Crippen LogP contribution in [0, 0.1) is 0 Å². The van der Waals surface area contributed by atoms with Crippen molar-refractivity contribution in [2.75, 3.05) is 24.2 Å². The van der Waals surface area contributed by atoms with E-state index < -0.39 is 33.6 Å². The summed E-state index contributed by atoms with van der Waals surface area (Å²) in [5.74, 6) is -2.99. The molecular formula is C15H22N2O5S. The van der Waals surface area contributed by atoms with Gasteiger partial charge in [-0.25, -0.2) is 12.7 Å². The van der Waals surface area contributed by atoms with E-state index in [0.717, 1.165) is 0 Å². The summed E-state index contributed by atoms with van der Waals surface area (Å²) < 4.78 is 25.3. The Balaban J connectivity index is 2.82. The highest BCUT2D eigenvalue weighted by molar-refractivity contribution is 7.89. The number of nitrogens with zero attached hydrogens (tertiary/aromatic N) is 1. The number of carboxylic acid groups (broad SMARTS) is 1. The predicted molar refractivity (Wildman–Crippen MR) is 87.8 cm³/mol. The lowest BCUT2D eigenvalue weighted by Gasteiger charge is -2.18. The average molecular weight is 342 g/mol. The number of rotatable bonds is 8. The molecule has 2 N–H and O–H groups in total. The maximum Gasteiger partial charge on any atom is 0.310 e. The summed E-state index contributed by atoms with van der Waals surface area (Å²) in [5, 5.41) is 11.5. The minimum Gasteiger partial charge on any atom is -0.481 e. The van der Waals surface area contributed by atoms with E-state index in [4.69, 9.17) is 5.11 Å². The molecule has 0 aliphatic heterocycles. The van der Waals surface area contributed by atoms with Gasteiger partial charge in [0, 0.05) is 18.8 Å². The van der Waals surface area contributed by atoms with Gasteiger partial charge in [-0.15, -0.1) is 0 Å². The first-order valence-electron chi connectivity index (χ1n) is 7.31. The highest BCUT2D eigenvalue weighted by Gasteiger charge is 2.23. The van der Waals surface area contributed by atoms with E-state index in [0.29, 0.717) is 24.3 Å². The number of carbonyl (C=O) groups is 2. The van der Waals surface area contributed by atoms with Gasteiger partial charge >= 0.3 is 5.97 Å². The number of hydrogen-bond acceptors (Lipinski definition) is 4. The number of hydrogen-bond donors (Lipinski definition) is 2. The van der Waals surface area contributed by atoms with Gasteiger partial charge in [-0.05, 0) is 24.6 Å². The minimum atomic E-state index is -3.65. The maximum absolute atomic E-state index is 12.0. The van der Waals surface area contributed by atoms with Crippen molar-refractivity contribution < 1.29 is 23.1 Å². The van der Waals surface area contributed by atoms with E-state index in [-0.39, 0.29) is 0 Å². The molecule has 1 rings (SSSR count). The number of benzene rings is 1. The predicted octanol–water partition coefficient (Wildman–Crippen LogP) is 1.48. The van der Waals surface area contributed by atoms with Gasteiger partial charge in [0.25, 0.3) is 0 Å². The fourth-order valence-electron chi connectivity index (χ4n) is 2.10. The Labute approximate surface area is 136 Å². The van der Waals surface area contributed by atoms with Crippen LogP contribution >= 0.6 is 0 Å². The van der Waals surface area contributed by atoms with Crippen molar-refractivity contribution >= 4 is 27.6 Å². The third-order valence-corrected chi connectivity index (χ3v) is 5.38. The molecule has 1 aromatic rings. The molecule has 0 saturated carbocycles. The fourth-order valence-corrected chi connectivity index (χ4v) is 3.47. The zero-order valence-corrected chi connectivity index (χ0v) is 14.3. The summed E-state index contributed by atoms with van der Waals surface area (Å²) in [6.07, 6.45) is 0. The van der Waals surface area contributed by atoms with E-state index in [1.165, 1.54) is 17.3 Å². The normalized spacial score (nSPS) is 12.9. The largest absolute Gasteiger partial charge is 0.481 e. The van der Waals surface area contributed by atoms with Crippen molar-refractivity contribution in [2.24, 2.45) is 0 Å². The summed E-state index contributed by atoms with van der Waals surface area (Å²) >= 11 is 0. The highest BCUT2D eigenvalue weighted by Crippen LogP contribution is 2.19. The molecule has 8 heteroatoms. The molecular weight excluding hydrogens is 320 g/mol. The monoisotopic (exact) mass is 342 g/mol. The molecule has 1 unspecified atom stereocenters. The van der Waals surface area contributed by atoms with Gasteiger partial charge in [-0.1, -0.05) is 26.0 Å². The van der Waals surface area contributed by atoms with Crippen LogP contribution < -0.4 is 5.32 Å². The van der Waals surface area contributed by atoms with Crippen molar-refractivity contribution in [3.63, 3.8) is 0 Å². The van der Waals surface area contributed by atoms with Gasteiger partial charge in [-0.2, -0.15) is 0 Å². The van der Waals surface area contributed by atoms with E-state index in [1.807, 2.05) is 0 Å². The van der Waals surface area contributed by atoms with Crippen molar-refractivity contribution in [3.05, 3.63) is 29.8 Å². The van der Waals surface area contributed by atoms with Crippen LogP contribution in [-0.2, 0) is 19.6 Å². The molecule has 0 spiro atoms. The Kier molecular flexibility index (Phi) is 6.71. The van der Waals surface area contributed by atoms with Crippen LogP contribution in [0.1, 0.15) is 32.3 Å². The van der Waals surface area contributed by atoms with Crippen LogP contribution in [0.4, 0.5) is 5.69 Å². The number of nitrogens with one attached hydrogen (secondary N) is 1. The first kappa shape index (κ1) is 19.1. The molecule has 1 aromatic carbocycles. The van der Waals surface area contributed by atoms with Crippen LogP contribution in [0.25, 0.3) is 0 Å². The zero-order chi connectivity index (χ0) is 17.6. The van der Waals surface area contributed by atoms with E-state index in [1.54, 1.807) is 32.0 Å². The quantitative estimate of drug-likeness (QED) is 0.745. The number of aliphatic carboxylic acids is 1. The Morgan fingerprint density at radius 1 is 1.26 bits per heavy atom. The Morgan fingerprint density at radius 3 is 2.39 bits per heavy atom. The third-order valence-electron chi connectivity index (χ3n) is 3.45. The SMILES string of the molecule is CCN(CC)S(=O)(=O)CC(=O)Nc1cccc(C(C)C(=O)O)c1. The van der Waals surface area contributed by atoms with Crippen molar-refractivity contribution in [1.29, 1.82) is 0 Å². The molecule has 0 heterocycles. The Hall–Kier alpha value is -1.93. The summed E-state index contributed by atoms with van der Waals surface area (Å²) in [6.45, 7) is 5.55. The molecule has 0 aliphatic carbocycles. The number of carbonyl (C=O) groups excluding carboxylic acids is 1. The van der Waals surface area contributed by atoms with Gasteiger partial charge in [0.1, 0.15) is 5.75 Å². The minimum absolute atomic E-state index is 0.303. The van der Waals surface area contributed by atoms with Gasteiger partial charge in [0.15, 0.2) is 0 Å². The molecule has 0 fully saturated rings. The molecule has 0 bridgehead atoms. The second kappa shape index (κ2) is 8.07. The molecule has 0 radical (unpaired) electrons. The highest BCUT2D eigenvalue weighted by atomic mass is 32.2. The van der Waals surface area contributed by atoms with Crippen LogP contribution in [0.5, 0.6) is 0 Å². The third kappa shape index (κ3) is 5.33. The second-order valence-electron chi connectivity index (χ2n) is 5.07. The number of sulfonamides is 1. The van der Waals surface area contributed by atoms with Crippen LogP contribution in [0.2, 0.25) is 0 Å². The fraction of sp³-hybridized carbons (Fsp3) is 0.467. The van der Waals surface area contributed by atoms with E-state index in [2.05, 4.69) is 5.32 Å². The van der Waals surface area contributed by atoms with Gasteiger partial charge in [0.2, 0.25) is 15.9 Å². The summed E-state index contributed by atoms with van der Waals surface area (Å²) in [4.78, 5) is 22.9. The first-order chi connectivity index (χ1) is 10.7. The van der Waals surface area contributed by atoms with Crippen molar-refractivity contribution in [2.45, 2.75) is 26.7 Å². The first-order valence-corrected chi connectivity index (χ1v) is 8.92. The zero-order valence-electron chi connectivity index (χ0n) is 13.4. The van der Waals surface area contributed by atoms with E-state index in [9.17, 15) is 18.0 Å². The molecule has 1 amide bonds. The summed E-state index contributed by atoms with van der Waals surface area (Å²) in [5.41, 5.74) is 0.900. The lowest BCUT2D eigenvalue weighted by Crippen LogP contribution is -2.36. The second-order valence-corrected chi connectivity index (χ2v) is 7.04. The van der Waals surface area contributed by atoms with Crippen LogP contribution in [0.15, 0.2) is 24.3 Å². The molecule has 1 atom stereocenters. The smallest absolute Gasteiger partial charge is 0.310 e. The molecule has 128 valence electrons. The Bertz CT molecular complexity index is 668. The van der Waals surface area contributed by atoms with Crippen molar-refractivity contribution in [3.8, 4) is 0 Å². The molecule has 0 aromatic heterocycles. The van der Waals surface area contributed by atoms with Gasteiger partial charge in [0.05, 0.1) is 5.92 Å². The Morgan fingerprint density at radius 2 is 1.87 bits per heavy atom. The topological polar surface area (TPSA) is 104 Å². The van der Waals surface area contributed by atoms with Gasteiger partial charge < -0.3 is 10.4 Å². The standard InChI is InChI=1S/C15H22N2O5S/c1-4-17(5-2)23(21,22)10-14(18)16-13-8-6-7-12(9-13)11(3)15(19)20/h6-9,11H,4-5,10H2,1-3H3,(H,16,18)(H,19,20). The van der Waals surface area contributed by atoms with Crippen LogP contribution in [0.3, 0.4) is 0 Å². The number of amides is 1. The average Bonchev–Trinajstić information content (AvgIpc) is 2.46. The van der Waals surface area contributed by atoms with Crippen molar-refractivity contribution in [1.82, 2.24) is 4.31 Å².